The number of halogens is 1. The standard InChI is InChI=1S/C16H19BrN2/c1-10-6-11(2)8-13(7-10)16(19-18)15-9-14(17)5-4-12(15)3/h4-9,16,19H,18H2,1-3H3. The summed E-state index contributed by atoms with van der Waals surface area (Å²) in [6.45, 7) is 6.32. The van der Waals surface area contributed by atoms with Gasteiger partial charge in [-0.05, 0) is 49.6 Å². The second-order valence-electron chi connectivity index (χ2n) is 5.02. The summed E-state index contributed by atoms with van der Waals surface area (Å²) in [5.74, 6) is 5.79. The van der Waals surface area contributed by atoms with Crippen LogP contribution in [0.5, 0.6) is 0 Å². The molecular formula is C16H19BrN2. The van der Waals surface area contributed by atoms with Crippen LogP contribution in [-0.4, -0.2) is 0 Å². The molecule has 0 radical (unpaired) electrons. The molecule has 0 aromatic heterocycles. The lowest BCUT2D eigenvalue weighted by molar-refractivity contribution is 0.632. The molecule has 0 bridgehead atoms. The molecule has 0 saturated carbocycles. The summed E-state index contributed by atoms with van der Waals surface area (Å²) in [6.07, 6.45) is 0. The predicted molar refractivity (Wildman–Crippen MR) is 84.0 cm³/mol. The third kappa shape index (κ3) is 3.24. The molecule has 1 atom stereocenters. The van der Waals surface area contributed by atoms with Crippen LogP contribution in [0.2, 0.25) is 0 Å². The van der Waals surface area contributed by atoms with Crippen molar-refractivity contribution >= 4 is 15.9 Å². The van der Waals surface area contributed by atoms with Crippen molar-refractivity contribution in [2.75, 3.05) is 0 Å². The third-order valence-electron chi connectivity index (χ3n) is 3.30. The number of rotatable bonds is 3. The monoisotopic (exact) mass is 318 g/mol. The van der Waals surface area contributed by atoms with Gasteiger partial charge in [0.2, 0.25) is 0 Å². The Balaban J connectivity index is 2.52. The molecular weight excluding hydrogens is 300 g/mol. The van der Waals surface area contributed by atoms with Gasteiger partial charge in [0.05, 0.1) is 6.04 Å². The van der Waals surface area contributed by atoms with Gasteiger partial charge in [0.1, 0.15) is 0 Å². The molecule has 0 heterocycles. The summed E-state index contributed by atoms with van der Waals surface area (Å²) < 4.78 is 1.07. The molecule has 19 heavy (non-hydrogen) atoms. The van der Waals surface area contributed by atoms with E-state index in [9.17, 15) is 0 Å². The van der Waals surface area contributed by atoms with Crippen LogP contribution in [0.25, 0.3) is 0 Å². The molecule has 3 heteroatoms. The van der Waals surface area contributed by atoms with E-state index in [-0.39, 0.29) is 6.04 Å². The second-order valence-corrected chi connectivity index (χ2v) is 5.94. The van der Waals surface area contributed by atoms with E-state index >= 15 is 0 Å². The van der Waals surface area contributed by atoms with E-state index in [2.05, 4.69) is 72.5 Å². The van der Waals surface area contributed by atoms with E-state index < -0.39 is 0 Å². The zero-order valence-electron chi connectivity index (χ0n) is 11.5. The Kier molecular flexibility index (Phi) is 4.40. The predicted octanol–water partition coefficient (Wildman–Crippen LogP) is 3.93. The van der Waals surface area contributed by atoms with Crippen molar-refractivity contribution in [3.63, 3.8) is 0 Å². The van der Waals surface area contributed by atoms with Crippen molar-refractivity contribution in [1.82, 2.24) is 5.43 Å². The van der Waals surface area contributed by atoms with Crippen LogP contribution < -0.4 is 11.3 Å². The molecule has 0 aliphatic heterocycles. The Morgan fingerprint density at radius 1 is 1.00 bits per heavy atom. The molecule has 100 valence electrons. The highest BCUT2D eigenvalue weighted by Gasteiger charge is 2.15. The Bertz CT molecular complexity index is 573. The van der Waals surface area contributed by atoms with Crippen LogP contribution in [0.3, 0.4) is 0 Å². The maximum Gasteiger partial charge on any atom is 0.0713 e. The number of nitrogens with two attached hydrogens (primary N) is 1. The smallest absolute Gasteiger partial charge is 0.0713 e. The first kappa shape index (κ1) is 14.3. The molecule has 0 aliphatic rings. The highest BCUT2D eigenvalue weighted by atomic mass is 79.9. The molecule has 0 spiro atoms. The van der Waals surface area contributed by atoms with Crippen molar-refractivity contribution in [2.24, 2.45) is 5.84 Å². The normalized spacial score (nSPS) is 12.5. The number of nitrogens with one attached hydrogen (secondary N) is 1. The first-order valence-electron chi connectivity index (χ1n) is 6.31. The van der Waals surface area contributed by atoms with Crippen LogP contribution in [0, 0.1) is 20.8 Å². The summed E-state index contributed by atoms with van der Waals surface area (Å²) in [5, 5.41) is 0. The maximum atomic E-state index is 5.79. The molecule has 2 aromatic rings. The van der Waals surface area contributed by atoms with Crippen molar-refractivity contribution in [3.05, 3.63) is 68.7 Å². The first-order valence-corrected chi connectivity index (χ1v) is 7.11. The average molecular weight is 319 g/mol. The van der Waals surface area contributed by atoms with Crippen molar-refractivity contribution < 1.29 is 0 Å². The minimum Gasteiger partial charge on any atom is -0.271 e. The van der Waals surface area contributed by atoms with Crippen molar-refractivity contribution in [2.45, 2.75) is 26.8 Å². The van der Waals surface area contributed by atoms with E-state index in [4.69, 9.17) is 5.84 Å². The van der Waals surface area contributed by atoms with Crippen LogP contribution >= 0.6 is 15.9 Å². The summed E-state index contributed by atoms with van der Waals surface area (Å²) in [4.78, 5) is 0. The number of hydrogen-bond acceptors (Lipinski definition) is 2. The molecule has 2 aromatic carbocycles. The lowest BCUT2D eigenvalue weighted by Gasteiger charge is -2.20. The van der Waals surface area contributed by atoms with Crippen molar-refractivity contribution in [1.29, 1.82) is 0 Å². The van der Waals surface area contributed by atoms with Gasteiger partial charge in [-0.25, -0.2) is 5.43 Å². The van der Waals surface area contributed by atoms with Gasteiger partial charge in [-0.15, -0.1) is 0 Å². The van der Waals surface area contributed by atoms with Crippen LogP contribution in [0.4, 0.5) is 0 Å². The van der Waals surface area contributed by atoms with E-state index in [1.165, 1.54) is 27.8 Å². The van der Waals surface area contributed by atoms with E-state index in [0.29, 0.717) is 0 Å². The van der Waals surface area contributed by atoms with E-state index in [0.717, 1.165) is 4.47 Å². The Morgan fingerprint density at radius 2 is 1.63 bits per heavy atom. The van der Waals surface area contributed by atoms with Gasteiger partial charge in [-0.1, -0.05) is 51.3 Å². The lowest BCUT2D eigenvalue weighted by atomic mass is 9.93. The fourth-order valence-corrected chi connectivity index (χ4v) is 2.84. The first-order chi connectivity index (χ1) is 9.01. The third-order valence-corrected chi connectivity index (χ3v) is 3.79. The largest absolute Gasteiger partial charge is 0.271 e. The summed E-state index contributed by atoms with van der Waals surface area (Å²) in [5.41, 5.74) is 9.06. The minimum absolute atomic E-state index is 0.0103. The Labute approximate surface area is 123 Å². The van der Waals surface area contributed by atoms with Crippen LogP contribution in [-0.2, 0) is 0 Å². The highest BCUT2D eigenvalue weighted by molar-refractivity contribution is 9.10. The zero-order valence-corrected chi connectivity index (χ0v) is 13.1. The molecule has 0 aliphatic carbocycles. The van der Waals surface area contributed by atoms with Gasteiger partial charge >= 0.3 is 0 Å². The van der Waals surface area contributed by atoms with E-state index in [1.54, 1.807) is 0 Å². The van der Waals surface area contributed by atoms with Crippen LogP contribution in [0.15, 0.2) is 40.9 Å². The molecule has 3 N–H and O–H groups in total. The number of aryl methyl sites for hydroxylation is 3. The number of hydrogen-bond donors (Lipinski definition) is 2. The average Bonchev–Trinajstić information content (AvgIpc) is 2.33. The Hall–Kier alpha value is -1.16. The second kappa shape index (κ2) is 5.87. The molecule has 2 rings (SSSR count). The van der Waals surface area contributed by atoms with Gasteiger partial charge in [0.25, 0.3) is 0 Å². The Morgan fingerprint density at radius 3 is 2.21 bits per heavy atom. The maximum absolute atomic E-state index is 5.79. The lowest BCUT2D eigenvalue weighted by Crippen LogP contribution is -2.29. The fourth-order valence-electron chi connectivity index (χ4n) is 2.46. The molecule has 0 fully saturated rings. The van der Waals surface area contributed by atoms with Crippen LogP contribution in [0.1, 0.15) is 33.9 Å². The topological polar surface area (TPSA) is 38.0 Å². The van der Waals surface area contributed by atoms with E-state index in [1.807, 2.05) is 6.07 Å². The van der Waals surface area contributed by atoms with Gasteiger partial charge in [0, 0.05) is 4.47 Å². The summed E-state index contributed by atoms with van der Waals surface area (Å²) in [6, 6.07) is 12.8. The zero-order chi connectivity index (χ0) is 14.0. The quantitative estimate of drug-likeness (QED) is 0.664. The van der Waals surface area contributed by atoms with Crippen molar-refractivity contribution in [3.8, 4) is 0 Å². The number of hydrazine groups is 1. The fraction of sp³-hybridized carbons (Fsp3) is 0.250. The summed E-state index contributed by atoms with van der Waals surface area (Å²) in [7, 11) is 0. The number of benzene rings is 2. The molecule has 2 nitrogen and oxygen atoms in total. The molecule has 0 amide bonds. The van der Waals surface area contributed by atoms with Gasteiger partial charge in [-0.2, -0.15) is 0 Å². The highest BCUT2D eigenvalue weighted by Crippen LogP contribution is 2.28. The van der Waals surface area contributed by atoms with Gasteiger partial charge in [0.15, 0.2) is 0 Å². The minimum atomic E-state index is 0.0103. The van der Waals surface area contributed by atoms with Gasteiger partial charge < -0.3 is 0 Å². The van der Waals surface area contributed by atoms with Gasteiger partial charge in [-0.3, -0.25) is 5.84 Å². The molecule has 1 unspecified atom stereocenters. The summed E-state index contributed by atoms with van der Waals surface area (Å²) >= 11 is 3.53. The SMILES string of the molecule is Cc1cc(C)cc(C(NN)c2cc(Br)ccc2C)c1. The molecule has 0 saturated heterocycles.